The molecule has 1 atom stereocenters. The average molecular weight is 206 g/mol. The number of rotatable bonds is 3. The molecule has 0 aliphatic heterocycles. The summed E-state index contributed by atoms with van der Waals surface area (Å²) < 4.78 is 5.36. The number of nitrogens with zero attached hydrogens (tertiary/aromatic N) is 1. The zero-order valence-electron chi connectivity index (χ0n) is 8.60. The lowest BCUT2D eigenvalue weighted by atomic mass is 10.2. The van der Waals surface area contributed by atoms with Crippen LogP contribution in [0.4, 0.5) is 0 Å². The van der Waals surface area contributed by atoms with Crippen molar-refractivity contribution in [1.29, 1.82) is 0 Å². The molecule has 0 saturated heterocycles. The minimum atomic E-state index is -0.506. The van der Waals surface area contributed by atoms with Crippen LogP contribution in [0.15, 0.2) is 18.5 Å². The maximum Gasteiger partial charge on any atom is 0.138 e. The van der Waals surface area contributed by atoms with Gasteiger partial charge in [-0.3, -0.25) is 4.98 Å². The number of hydrogen-bond donors (Lipinski definition) is 2. The van der Waals surface area contributed by atoms with Gasteiger partial charge in [0.15, 0.2) is 0 Å². The van der Waals surface area contributed by atoms with E-state index in [0.717, 1.165) is 0 Å². The number of ether oxygens (including phenoxy) is 1. The van der Waals surface area contributed by atoms with E-state index in [2.05, 4.69) is 16.8 Å². The van der Waals surface area contributed by atoms with E-state index in [1.807, 2.05) is 0 Å². The highest BCUT2D eigenvalue weighted by Crippen LogP contribution is 2.15. The first-order chi connectivity index (χ1) is 7.24. The van der Waals surface area contributed by atoms with Crippen molar-refractivity contribution < 1.29 is 9.84 Å². The van der Waals surface area contributed by atoms with Crippen LogP contribution in [0.25, 0.3) is 0 Å². The van der Waals surface area contributed by atoms with E-state index in [0.29, 0.717) is 17.9 Å². The Morgan fingerprint density at radius 3 is 3.13 bits per heavy atom. The Hall–Kier alpha value is -1.57. The SMILES string of the molecule is C[C@H](O)COc1ccncc1C#CCN. The van der Waals surface area contributed by atoms with Gasteiger partial charge in [0.25, 0.3) is 0 Å². The number of pyridine rings is 1. The summed E-state index contributed by atoms with van der Waals surface area (Å²) in [5.41, 5.74) is 5.96. The molecule has 4 heteroatoms. The highest BCUT2D eigenvalue weighted by Gasteiger charge is 2.02. The Labute approximate surface area is 89.1 Å². The van der Waals surface area contributed by atoms with Crippen molar-refractivity contribution in [2.45, 2.75) is 13.0 Å². The van der Waals surface area contributed by atoms with Crippen molar-refractivity contribution in [2.75, 3.05) is 13.2 Å². The highest BCUT2D eigenvalue weighted by atomic mass is 16.5. The van der Waals surface area contributed by atoms with Crippen LogP contribution >= 0.6 is 0 Å². The monoisotopic (exact) mass is 206 g/mol. The van der Waals surface area contributed by atoms with Crippen molar-refractivity contribution in [3.63, 3.8) is 0 Å². The number of hydrogen-bond acceptors (Lipinski definition) is 4. The molecule has 0 aromatic carbocycles. The second kappa shape index (κ2) is 6.02. The summed E-state index contributed by atoms with van der Waals surface area (Å²) in [7, 11) is 0. The fraction of sp³-hybridized carbons (Fsp3) is 0.364. The molecule has 1 aromatic rings. The fourth-order valence-electron chi connectivity index (χ4n) is 0.958. The largest absolute Gasteiger partial charge is 0.489 e. The first-order valence-corrected chi connectivity index (χ1v) is 4.68. The van der Waals surface area contributed by atoms with Gasteiger partial charge in [-0.15, -0.1) is 0 Å². The molecule has 0 radical (unpaired) electrons. The molecule has 0 aliphatic carbocycles. The van der Waals surface area contributed by atoms with Crippen LogP contribution in [0.5, 0.6) is 5.75 Å². The molecule has 0 unspecified atom stereocenters. The van der Waals surface area contributed by atoms with Gasteiger partial charge in [-0.25, -0.2) is 0 Å². The van der Waals surface area contributed by atoms with Gasteiger partial charge in [0, 0.05) is 12.4 Å². The van der Waals surface area contributed by atoms with E-state index in [1.54, 1.807) is 25.4 Å². The van der Waals surface area contributed by atoms with Crippen molar-refractivity contribution in [3.05, 3.63) is 24.0 Å². The molecule has 4 nitrogen and oxygen atoms in total. The van der Waals surface area contributed by atoms with Gasteiger partial charge in [0.2, 0.25) is 0 Å². The van der Waals surface area contributed by atoms with Crippen LogP contribution in [0, 0.1) is 11.8 Å². The molecule has 15 heavy (non-hydrogen) atoms. The Balaban J connectivity index is 2.77. The molecule has 1 aromatic heterocycles. The maximum absolute atomic E-state index is 9.08. The van der Waals surface area contributed by atoms with Gasteiger partial charge in [-0.05, 0) is 13.0 Å². The van der Waals surface area contributed by atoms with Crippen LogP contribution in [0.3, 0.4) is 0 Å². The van der Waals surface area contributed by atoms with E-state index in [4.69, 9.17) is 15.6 Å². The topological polar surface area (TPSA) is 68.4 Å². The van der Waals surface area contributed by atoms with Crippen LogP contribution in [0.2, 0.25) is 0 Å². The molecule has 0 saturated carbocycles. The zero-order valence-corrected chi connectivity index (χ0v) is 8.60. The molecule has 0 spiro atoms. The molecule has 80 valence electrons. The Morgan fingerprint density at radius 2 is 2.47 bits per heavy atom. The fourth-order valence-corrected chi connectivity index (χ4v) is 0.958. The van der Waals surface area contributed by atoms with Crippen LogP contribution < -0.4 is 10.5 Å². The summed E-state index contributed by atoms with van der Waals surface area (Å²) in [5.74, 6) is 6.20. The molecule has 0 fully saturated rings. The molecule has 3 N–H and O–H groups in total. The average Bonchev–Trinajstić information content (AvgIpc) is 2.24. The maximum atomic E-state index is 9.08. The van der Waals surface area contributed by atoms with E-state index >= 15 is 0 Å². The lowest BCUT2D eigenvalue weighted by molar-refractivity contribution is 0.122. The first kappa shape index (κ1) is 11.5. The van der Waals surface area contributed by atoms with E-state index < -0.39 is 6.10 Å². The first-order valence-electron chi connectivity index (χ1n) is 4.68. The number of aliphatic hydroxyl groups excluding tert-OH is 1. The zero-order chi connectivity index (χ0) is 11.1. The lowest BCUT2D eigenvalue weighted by Crippen LogP contribution is -2.13. The van der Waals surface area contributed by atoms with Crippen LogP contribution in [-0.2, 0) is 0 Å². The van der Waals surface area contributed by atoms with Crippen LogP contribution in [0.1, 0.15) is 12.5 Å². The van der Waals surface area contributed by atoms with Crippen molar-refractivity contribution >= 4 is 0 Å². The van der Waals surface area contributed by atoms with Gasteiger partial charge < -0.3 is 15.6 Å². The molecule has 1 heterocycles. The Kier molecular flexibility index (Phi) is 4.61. The molecular weight excluding hydrogens is 192 g/mol. The van der Waals surface area contributed by atoms with E-state index in [1.165, 1.54) is 0 Å². The number of aliphatic hydroxyl groups is 1. The van der Waals surface area contributed by atoms with Gasteiger partial charge in [0.05, 0.1) is 18.2 Å². The van der Waals surface area contributed by atoms with Crippen molar-refractivity contribution in [2.24, 2.45) is 5.73 Å². The standard InChI is InChI=1S/C11H14N2O2/c1-9(14)8-15-11-4-6-13-7-10(11)3-2-5-12/h4,6-7,9,14H,5,8,12H2,1H3/t9-/m0/s1. The quantitative estimate of drug-likeness (QED) is 0.691. The summed E-state index contributed by atoms with van der Waals surface area (Å²) in [4.78, 5) is 3.94. The third kappa shape index (κ3) is 3.98. The smallest absolute Gasteiger partial charge is 0.138 e. The summed E-state index contributed by atoms with van der Waals surface area (Å²) in [6, 6.07) is 1.71. The van der Waals surface area contributed by atoms with Gasteiger partial charge in [-0.1, -0.05) is 11.8 Å². The van der Waals surface area contributed by atoms with Crippen molar-refractivity contribution in [1.82, 2.24) is 4.98 Å². The van der Waals surface area contributed by atoms with E-state index in [-0.39, 0.29) is 6.61 Å². The summed E-state index contributed by atoms with van der Waals surface area (Å²) in [5, 5.41) is 9.08. The molecule has 0 aliphatic rings. The van der Waals surface area contributed by atoms with Gasteiger partial charge in [-0.2, -0.15) is 0 Å². The Morgan fingerprint density at radius 1 is 1.67 bits per heavy atom. The number of nitrogens with two attached hydrogens (primary N) is 1. The molecule has 0 amide bonds. The lowest BCUT2D eigenvalue weighted by Gasteiger charge is -2.08. The molecule has 1 rings (SSSR count). The second-order valence-electron chi connectivity index (χ2n) is 3.04. The highest BCUT2D eigenvalue weighted by molar-refractivity contribution is 5.43. The van der Waals surface area contributed by atoms with Crippen LogP contribution in [-0.4, -0.2) is 29.3 Å². The predicted octanol–water partition coefficient (Wildman–Crippen LogP) is 0.151. The van der Waals surface area contributed by atoms with E-state index in [9.17, 15) is 0 Å². The second-order valence-corrected chi connectivity index (χ2v) is 3.04. The summed E-state index contributed by atoms with van der Waals surface area (Å²) >= 11 is 0. The molecular formula is C11H14N2O2. The summed E-state index contributed by atoms with van der Waals surface area (Å²) in [6.45, 7) is 2.19. The van der Waals surface area contributed by atoms with Gasteiger partial charge in [0.1, 0.15) is 12.4 Å². The number of aromatic nitrogens is 1. The minimum absolute atomic E-state index is 0.237. The predicted molar refractivity (Wildman–Crippen MR) is 57.3 cm³/mol. The Bertz CT molecular complexity index is 366. The third-order valence-corrected chi connectivity index (χ3v) is 1.59. The minimum Gasteiger partial charge on any atom is -0.489 e. The molecule has 0 bridgehead atoms. The van der Waals surface area contributed by atoms with Crippen molar-refractivity contribution in [3.8, 4) is 17.6 Å². The van der Waals surface area contributed by atoms with Gasteiger partial charge >= 0.3 is 0 Å². The summed E-state index contributed by atoms with van der Waals surface area (Å²) in [6.07, 6.45) is 2.72. The third-order valence-electron chi connectivity index (χ3n) is 1.59. The normalized spacial score (nSPS) is 11.4.